The first-order valence-corrected chi connectivity index (χ1v) is 6.05. The lowest BCUT2D eigenvalue weighted by Gasteiger charge is -2.22. The van der Waals surface area contributed by atoms with Crippen LogP contribution in [0.3, 0.4) is 0 Å². The number of hydrogen-bond acceptors (Lipinski definition) is 1. The van der Waals surface area contributed by atoms with Crippen LogP contribution in [-0.2, 0) is 5.67 Å². The maximum absolute atomic E-state index is 14.5. The third kappa shape index (κ3) is 2.62. The monoisotopic (exact) mass is 265 g/mol. The minimum absolute atomic E-state index is 0.00815. The summed E-state index contributed by atoms with van der Waals surface area (Å²) in [6, 6.07) is 6.72. The normalized spacial score (nSPS) is 14.2. The van der Waals surface area contributed by atoms with Gasteiger partial charge in [-0.15, -0.1) is 0 Å². The minimum atomic E-state index is -1.81. The van der Waals surface area contributed by atoms with Crippen molar-refractivity contribution in [3.05, 3.63) is 53.7 Å². The van der Waals surface area contributed by atoms with Crippen molar-refractivity contribution in [2.24, 2.45) is 0 Å². The molecule has 0 saturated carbocycles. The van der Waals surface area contributed by atoms with Gasteiger partial charge < -0.3 is 0 Å². The van der Waals surface area contributed by atoms with Gasteiger partial charge in [-0.1, -0.05) is 13.0 Å². The zero-order chi connectivity index (χ0) is 14.0. The summed E-state index contributed by atoms with van der Waals surface area (Å²) in [6.07, 6.45) is 1.61. The van der Waals surface area contributed by atoms with Gasteiger partial charge in [0.15, 0.2) is 0 Å². The lowest BCUT2D eigenvalue weighted by molar-refractivity contribution is 0.185. The summed E-state index contributed by atoms with van der Waals surface area (Å²) in [5.41, 5.74) is -1.50. The molecule has 4 heteroatoms. The van der Waals surface area contributed by atoms with Crippen LogP contribution in [0.25, 0.3) is 11.3 Å². The molecule has 1 heterocycles. The quantitative estimate of drug-likeness (QED) is 0.789. The average molecular weight is 265 g/mol. The molecule has 1 unspecified atom stereocenters. The number of hydrogen-bond donors (Lipinski definition) is 0. The van der Waals surface area contributed by atoms with Gasteiger partial charge in [0.25, 0.3) is 0 Å². The highest BCUT2D eigenvalue weighted by Gasteiger charge is 2.30. The fourth-order valence-electron chi connectivity index (χ4n) is 1.95. The lowest BCUT2D eigenvalue weighted by atomic mass is 9.89. The van der Waals surface area contributed by atoms with E-state index in [2.05, 4.69) is 4.98 Å². The van der Waals surface area contributed by atoms with Crippen molar-refractivity contribution in [2.75, 3.05) is 0 Å². The van der Waals surface area contributed by atoms with Crippen LogP contribution in [-0.4, -0.2) is 4.98 Å². The fourth-order valence-corrected chi connectivity index (χ4v) is 1.95. The number of pyridine rings is 1. The van der Waals surface area contributed by atoms with E-state index in [0.717, 1.165) is 12.1 Å². The van der Waals surface area contributed by atoms with Crippen LogP contribution in [0.5, 0.6) is 0 Å². The number of halogens is 3. The Hall–Kier alpha value is -1.84. The van der Waals surface area contributed by atoms with E-state index in [1.807, 2.05) is 0 Å². The Morgan fingerprint density at radius 3 is 2.53 bits per heavy atom. The molecule has 0 aliphatic rings. The van der Waals surface area contributed by atoms with Crippen molar-refractivity contribution in [1.29, 1.82) is 0 Å². The highest BCUT2D eigenvalue weighted by molar-refractivity contribution is 5.65. The molecule has 2 aromatic rings. The summed E-state index contributed by atoms with van der Waals surface area (Å²) in [4.78, 5) is 4.02. The Bertz CT molecular complexity index is 579. The zero-order valence-corrected chi connectivity index (χ0v) is 10.8. The third-order valence-corrected chi connectivity index (χ3v) is 3.20. The lowest BCUT2D eigenvalue weighted by Crippen LogP contribution is -2.16. The molecule has 19 heavy (non-hydrogen) atoms. The van der Waals surface area contributed by atoms with E-state index >= 15 is 0 Å². The van der Waals surface area contributed by atoms with Crippen LogP contribution < -0.4 is 0 Å². The molecule has 0 bridgehead atoms. The molecule has 1 aromatic heterocycles. The van der Waals surface area contributed by atoms with Crippen molar-refractivity contribution in [3.63, 3.8) is 0 Å². The zero-order valence-electron chi connectivity index (χ0n) is 10.8. The van der Waals surface area contributed by atoms with Crippen molar-refractivity contribution in [1.82, 2.24) is 4.98 Å². The van der Waals surface area contributed by atoms with Gasteiger partial charge in [0.05, 0.1) is 5.69 Å². The number of nitrogens with zero attached hydrogens (tertiary/aromatic N) is 1. The van der Waals surface area contributed by atoms with E-state index in [-0.39, 0.29) is 17.5 Å². The molecule has 0 spiro atoms. The number of rotatable bonds is 3. The topological polar surface area (TPSA) is 12.9 Å². The summed E-state index contributed by atoms with van der Waals surface area (Å²) in [5.74, 6) is -1.59. The van der Waals surface area contributed by atoms with Crippen LogP contribution in [0.15, 0.2) is 36.5 Å². The standard InChI is InChI=1S/C15H14F3N/c1-3-15(2,18)11-8-10(16)9-12(17)14(11)13-6-4-5-7-19-13/h4-9H,3H2,1-2H3. The highest BCUT2D eigenvalue weighted by Crippen LogP contribution is 2.38. The minimum Gasteiger partial charge on any atom is -0.256 e. The highest BCUT2D eigenvalue weighted by atomic mass is 19.1. The molecule has 1 nitrogen and oxygen atoms in total. The second kappa shape index (κ2) is 5.03. The maximum atomic E-state index is 14.5. The summed E-state index contributed by atoms with van der Waals surface area (Å²) >= 11 is 0. The van der Waals surface area contributed by atoms with E-state index in [9.17, 15) is 13.2 Å². The van der Waals surface area contributed by atoms with Crippen LogP contribution in [0.4, 0.5) is 13.2 Å². The maximum Gasteiger partial charge on any atom is 0.135 e. The molecule has 0 saturated heterocycles. The predicted octanol–water partition coefficient (Wildman–Crippen LogP) is 4.62. The van der Waals surface area contributed by atoms with Gasteiger partial charge in [-0.25, -0.2) is 13.2 Å². The van der Waals surface area contributed by atoms with Crippen LogP contribution in [0, 0.1) is 11.6 Å². The van der Waals surface area contributed by atoms with E-state index in [1.54, 1.807) is 25.1 Å². The van der Waals surface area contributed by atoms with E-state index in [4.69, 9.17) is 0 Å². The second-order valence-corrected chi connectivity index (χ2v) is 4.58. The van der Waals surface area contributed by atoms with Crippen molar-refractivity contribution < 1.29 is 13.2 Å². The Morgan fingerprint density at radius 1 is 1.21 bits per heavy atom. The molecule has 0 N–H and O–H groups in total. The Balaban J connectivity index is 2.73. The first kappa shape index (κ1) is 13.6. The first-order chi connectivity index (χ1) is 8.95. The van der Waals surface area contributed by atoms with Gasteiger partial charge in [0, 0.05) is 23.4 Å². The molecular formula is C15H14F3N. The number of alkyl halides is 1. The second-order valence-electron chi connectivity index (χ2n) is 4.58. The van der Waals surface area contributed by atoms with E-state index < -0.39 is 17.3 Å². The van der Waals surface area contributed by atoms with Gasteiger partial charge in [-0.05, 0) is 31.5 Å². The Labute approximate surface area is 110 Å². The van der Waals surface area contributed by atoms with Gasteiger partial charge >= 0.3 is 0 Å². The summed E-state index contributed by atoms with van der Waals surface area (Å²) in [7, 11) is 0. The fraction of sp³-hybridized carbons (Fsp3) is 0.267. The molecular weight excluding hydrogens is 251 g/mol. The predicted molar refractivity (Wildman–Crippen MR) is 68.3 cm³/mol. The van der Waals surface area contributed by atoms with E-state index in [1.165, 1.54) is 13.1 Å². The van der Waals surface area contributed by atoms with Gasteiger partial charge in [-0.3, -0.25) is 4.98 Å². The number of benzene rings is 1. The van der Waals surface area contributed by atoms with Crippen molar-refractivity contribution in [2.45, 2.75) is 25.9 Å². The van der Waals surface area contributed by atoms with Crippen molar-refractivity contribution in [3.8, 4) is 11.3 Å². The molecule has 2 rings (SSSR count). The molecule has 1 aromatic carbocycles. The molecule has 0 fully saturated rings. The van der Waals surface area contributed by atoms with Gasteiger partial charge in [0.2, 0.25) is 0 Å². The van der Waals surface area contributed by atoms with Gasteiger partial charge in [0.1, 0.15) is 17.3 Å². The average Bonchev–Trinajstić information content (AvgIpc) is 2.39. The number of aromatic nitrogens is 1. The molecule has 0 aliphatic heterocycles. The third-order valence-electron chi connectivity index (χ3n) is 3.20. The molecule has 0 amide bonds. The Kier molecular flexibility index (Phi) is 3.60. The summed E-state index contributed by atoms with van der Waals surface area (Å²) in [5, 5.41) is 0. The SMILES string of the molecule is CCC(C)(F)c1cc(F)cc(F)c1-c1ccccn1. The Morgan fingerprint density at radius 2 is 1.95 bits per heavy atom. The van der Waals surface area contributed by atoms with Crippen LogP contribution in [0.1, 0.15) is 25.8 Å². The summed E-state index contributed by atoms with van der Waals surface area (Å²) < 4.78 is 41.9. The molecule has 0 radical (unpaired) electrons. The van der Waals surface area contributed by atoms with Gasteiger partial charge in [-0.2, -0.15) is 0 Å². The molecule has 0 aliphatic carbocycles. The van der Waals surface area contributed by atoms with E-state index in [0.29, 0.717) is 5.69 Å². The van der Waals surface area contributed by atoms with Crippen molar-refractivity contribution >= 4 is 0 Å². The van der Waals surface area contributed by atoms with Crippen LogP contribution in [0.2, 0.25) is 0 Å². The first-order valence-electron chi connectivity index (χ1n) is 6.05. The van der Waals surface area contributed by atoms with Crippen LogP contribution >= 0.6 is 0 Å². The largest absolute Gasteiger partial charge is 0.256 e. The summed E-state index contributed by atoms with van der Waals surface area (Å²) in [6.45, 7) is 2.94. The smallest absolute Gasteiger partial charge is 0.135 e. The molecule has 1 atom stereocenters. The molecule has 100 valence electrons.